The molecule has 1 unspecified atom stereocenters. The predicted octanol–water partition coefficient (Wildman–Crippen LogP) is -0.210. The van der Waals surface area contributed by atoms with Crippen LogP contribution in [0, 0.1) is 0 Å². The van der Waals surface area contributed by atoms with Crippen molar-refractivity contribution < 1.29 is 15.0 Å². The highest BCUT2D eigenvalue weighted by molar-refractivity contribution is 6.29. The minimum Gasteiger partial charge on any atom is -0.397 e. The van der Waals surface area contributed by atoms with E-state index in [1.807, 2.05) is 0 Å². The molecule has 1 heterocycles. The molecule has 0 saturated carbocycles. The largest absolute Gasteiger partial charge is 0.397 e. The Balaban J connectivity index is 2.74. The van der Waals surface area contributed by atoms with Crippen LogP contribution in [0.3, 0.4) is 0 Å². The summed E-state index contributed by atoms with van der Waals surface area (Å²) in [5, 5.41) is 20.9. The lowest BCUT2D eigenvalue weighted by Gasteiger charge is -2.20. The third-order valence-corrected chi connectivity index (χ3v) is 2.32. The molecule has 0 aliphatic rings. The van der Waals surface area contributed by atoms with Crippen LogP contribution in [0.15, 0.2) is 12.3 Å². The molecule has 0 aliphatic heterocycles. The average molecular weight is 260 g/mol. The van der Waals surface area contributed by atoms with E-state index in [2.05, 4.69) is 10.3 Å². The van der Waals surface area contributed by atoms with E-state index < -0.39 is 18.1 Å². The molecule has 0 bridgehead atoms. The Morgan fingerprint density at radius 3 is 2.94 bits per heavy atom. The second-order valence-electron chi connectivity index (χ2n) is 3.93. The molecule has 1 aromatic heterocycles. The van der Waals surface area contributed by atoms with Gasteiger partial charge >= 0.3 is 0 Å². The van der Waals surface area contributed by atoms with Gasteiger partial charge in [-0.2, -0.15) is 0 Å². The van der Waals surface area contributed by atoms with Crippen LogP contribution in [-0.2, 0) is 0 Å². The Bertz CT molecular complexity index is 423. The van der Waals surface area contributed by atoms with Crippen molar-refractivity contribution in [3.8, 4) is 0 Å². The van der Waals surface area contributed by atoms with E-state index in [1.165, 1.54) is 19.2 Å². The summed E-state index contributed by atoms with van der Waals surface area (Å²) in [6.07, 6.45) is 1.28. The van der Waals surface area contributed by atoms with Crippen LogP contribution in [0.2, 0.25) is 5.15 Å². The molecule has 0 saturated heterocycles. The Morgan fingerprint density at radius 2 is 2.35 bits per heavy atom. The van der Waals surface area contributed by atoms with Gasteiger partial charge in [-0.15, -0.1) is 0 Å². The monoisotopic (exact) mass is 259 g/mol. The normalized spacial score (nSPS) is 14.1. The number of anilines is 1. The quantitative estimate of drug-likeness (QED) is 0.560. The highest BCUT2D eigenvalue weighted by Crippen LogP contribution is 2.14. The summed E-state index contributed by atoms with van der Waals surface area (Å²) in [6.45, 7) is 0.845. The van der Waals surface area contributed by atoms with Crippen molar-refractivity contribution in [2.45, 2.75) is 12.5 Å². The first-order valence-electron chi connectivity index (χ1n) is 4.88. The number of hydrogen-bond donors (Lipinski definition) is 4. The number of aliphatic hydroxyl groups is 2. The number of carbonyl (C=O) groups is 1. The Kier molecular flexibility index (Phi) is 4.28. The van der Waals surface area contributed by atoms with Gasteiger partial charge in [0.15, 0.2) is 0 Å². The van der Waals surface area contributed by atoms with E-state index in [-0.39, 0.29) is 22.9 Å². The minimum atomic E-state index is -1.37. The fraction of sp³-hybridized carbons (Fsp3) is 0.400. The first-order chi connectivity index (χ1) is 7.85. The summed E-state index contributed by atoms with van der Waals surface area (Å²) in [4.78, 5) is 15.4. The maximum Gasteiger partial charge on any atom is 0.253 e. The molecule has 17 heavy (non-hydrogen) atoms. The van der Waals surface area contributed by atoms with Crippen LogP contribution in [0.5, 0.6) is 0 Å². The van der Waals surface area contributed by atoms with Crippen molar-refractivity contribution in [1.82, 2.24) is 10.3 Å². The van der Waals surface area contributed by atoms with E-state index in [0.29, 0.717) is 0 Å². The van der Waals surface area contributed by atoms with Gasteiger partial charge < -0.3 is 21.3 Å². The van der Waals surface area contributed by atoms with Crippen LogP contribution in [-0.4, -0.2) is 39.9 Å². The molecule has 5 N–H and O–H groups in total. The van der Waals surface area contributed by atoms with Crippen molar-refractivity contribution in [3.05, 3.63) is 23.0 Å². The molecule has 0 aromatic carbocycles. The highest BCUT2D eigenvalue weighted by Gasteiger charge is 2.21. The molecule has 1 atom stereocenters. The summed E-state index contributed by atoms with van der Waals surface area (Å²) >= 11 is 5.64. The van der Waals surface area contributed by atoms with Crippen molar-refractivity contribution in [2.75, 3.05) is 18.9 Å². The number of rotatable bonds is 4. The third kappa shape index (κ3) is 3.85. The fourth-order valence-corrected chi connectivity index (χ4v) is 1.22. The number of carbonyl (C=O) groups excluding carboxylic acids is 1. The lowest BCUT2D eigenvalue weighted by Crippen LogP contribution is -2.43. The maximum absolute atomic E-state index is 11.7. The van der Waals surface area contributed by atoms with E-state index >= 15 is 0 Å². The summed E-state index contributed by atoms with van der Waals surface area (Å²) in [7, 11) is 0. The number of hydrogen-bond acceptors (Lipinski definition) is 5. The van der Waals surface area contributed by atoms with Gasteiger partial charge in [0.1, 0.15) is 10.8 Å². The number of amides is 1. The predicted molar refractivity (Wildman–Crippen MR) is 63.7 cm³/mol. The van der Waals surface area contributed by atoms with Gasteiger partial charge in [-0.3, -0.25) is 4.79 Å². The smallest absolute Gasteiger partial charge is 0.253 e. The molecule has 1 aromatic rings. The van der Waals surface area contributed by atoms with Gasteiger partial charge in [0, 0.05) is 6.54 Å². The van der Waals surface area contributed by atoms with E-state index in [4.69, 9.17) is 22.4 Å². The Labute approximate surface area is 103 Å². The van der Waals surface area contributed by atoms with Gasteiger partial charge in [0.05, 0.1) is 24.1 Å². The maximum atomic E-state index is 11.7. The van der Waals surface area contributed by atoms with E-state index in [1.54, 1.807) is 0 Å². The first-order valence-corrected chi connectivity index (χ1v) is 5.26. The van der Waals surface area contributed by atoms with Gasteiger partial charge in [-0.05, 0) is 13.0 Å². The van der Waals surface area contributed by atoms with Gasteiger partial charge in [0.2, 0.25) is 0 Å². The minimum absolute atomic E-state index is 0.0955. The SMILES string of the molecule is CC(O)(CO)CNC(=O)c1cc(Cl)ncc1N. The average Bonchev–Trinajstić information content (AvgIpc) is 2.29. The molecule has 7 heteroatoms. The lowest BCUT2D eigenvalue weighted by molar-refractivity contribution is 0.00321. The Hall–Kier alpha value is -1.37. The van der Waals surface area contributed by atoms with Crippen LogP contribution >= 0.6 is 11.6 Å². The fourth-order valence-electron chi connectivity index (χ4n) is 1.06. The summed E-state index contributed by atoms with van der Waals surface area (Å²) in [6, 6.07) is 1.33. The van der Waals surface area contributed by atoms with Gasteiger partial charge in [-0.1, -0.05) is 11.6 Å². The van der Waals surface area contributed by atoms with Crippen LogP contribution in [0.25, 0.3) is 0 Å². The first kappa shape index (κ1) is 13.7. The standard InChI is InChI=1S/C10H14ClN3O3/c1-10(17,5-15)4-14-9(16)6-2-8(11)13-3-7(6)12/h2-3,15,17H,4-5,12H2,1H3,(H,14,16). The van der Waals surface area contributed by atoms with Gasteiger partial charge in [0.25, 0.3) is 5.91 Å². The summed E-state index contributed by atoms with van der Waals surface area (Å²) < 4.78 is 0. The Morgan fingerprint density at radius 1 is 1.71 bits per heavy atom. The van der Waals surface area contributed by atoms with Crippen LogP contribution in [0.1, 0.15) is 17.3 Å². The number of nitrogen functional groups attached to an aromatic ring is 1. The molecule has 94 valence electrons. The van der Waals surface area contributed by atoms with E-state index in [0.717, 1.165) is 0 Å². The number of nitrogens with one attached hydrogen (secondary N) is 1. The van der Waals surface area contributed by atoms with Crippen LogP contribution in [0.4, 0.5) is 5.69 Å². The highest BCUT2D eigenvalue weighted by atomic mass is 35.5. The number of pyridine rings is 1. The topological polar surface area (TPSA) is 108 Å². The second kappa shape index (κ2) is 5.31. The summed E-state index contributed by atoms with van der Waals surface area (Å²) in [5.74, 6) is -0.486. The molecular formula is C10H14ClN3O3. The number of nitrogens with zero attached hydrogens (tertiary/aromatic N) is 1. The zero-order valence-corrected chi connectivity index (χ0v) is 10.0. The molecule has 6 nitrogen and oxygen atoms in total. The molecule has 1 rings (SSSR count). The number of aliphatic hydroxyl groups excluding tert-OH is 1. The third-order valence-electron chi connectivity index (χ3n) is 2.12. The van der Waals surface area contributed by atoms with Crippen molar-refractivity contribution >= 4 is 23.2 Å². The van der Waals surface area contributed by atoms with E-state index in [9.17, 15) is 9.90 Å². The zero-order chi connectivity index (χ0) is 13.1. The van der Waals surface area contributed by atoms with Crippen molar-refractivity contribution in [1.29, 1.82) is 0 Å². The zero-order valence-electron chi connectivity index (χ0n) is 9.27. The summed E-state index contributed by atoms with van der Waals surface area (Å²) in [5.41, 5.74) is 4.56. The number of halogens is 1. The molecule has 0 radical (unpaired) electrons. The number of nitrogens with two attached hydrogens (primary N) is 1. The van der Waals surface area contributed by atoms with Gasteiger partial charge in [-0.25, -0.2) is 4.98 Å². The van der Waals surface area contributed by atoms with Crippen LogP contribution < -0.4 is 11.1 Å². The molecule has 0 spiro atoms. The molecular weight excluding hydrogens is 246 g/mol. The molecule has 1 amide bonds. The molecule has 0 fully saturated rings. The van der Waals surface area contributed by atoms with Crippen molar-refractivity contribution in [3.63, 3.8) is 0 Å². The molecule has 0 aliphatic carbocycles. The second-order valence-corrected chi connectivity index (χ2v) is 4.32. The lowest BCUT2D eigenvalue weighted by atomic mass is 10.1. The van der Waals surface area contributed by atoms with Crippen molar-refractivity contribution in [2.24, 2.45) is 0 Å². The number of aromatic nitrogens is 1.